The Morgan fingerprint density at radius 1 is 1.12 bits per heavy atom. The van der Waals surface area contributed by atoms with Gasteiger partial charge in [0.15, 0.2) is 5.69 Å². The maximum absolute atomic E-state index is 12.5. The van der Waals surface area contributed by atoms with Crippen LogP contribution in [0, 0.1) is 0 Å². The van der Waals surface area contributed by atoms with Crippen LogP contribution >= 0.6 is 0 Å². The van der Waals surface area contributed by atoms with Gasteiger partial charge in [0.25, 0.3) is 11.8 Å². The molecule has 2 N–H and O–H groups in total. The molecule has 0 saturated carbocycles. The summed E-state index contributed by atoms with van der Waals surface area (Å²) in [5.74, 6) is -0.502. The number of carbonyl (C=O) groups is 2. The number of hydrogen-bond acceptors (Lipinski definition) is 4. The Morgan fingerprint density at radius 2 is 1.92 bits per heavy atom. The topological polar surface area (TPSA) is 88.4 Å². The van der Waals surface area contributed by atoms with Crippen molar-refractivity contribution in [3.63, 3.8) is 0 Å². The Hall–Kier alpha value is -3.22. The molecule has 0 aliphatic heterocycles. The van der Waals surface area contributed by atoms with Crippen LogP contribution < -0.4 is 10.6 Å². The summed E-state index contributed by atoms with van der Waals surface area (Å²) < 4.78 is 1.61. The number of nitrogens with zero attached hydrogens (tertiary/aromatic N) is 3. The fraction of sp³-hybridized carbons (Fsp3) is 0.222. The summed E-state index contributed by atoms with van der Waals surface area (Å²) in [5, 5.41) is 5.59. The lowest BCUT2D eigenvalue weighted by Crippen LogP contribution is -2.30. The molecule has 25 heavy (non-hydrogen) atoms. The molecule has 0 atom stereocenters. The molecule has 0 aromatic carbocycles. The second-order valence-electron chi connectivity index (χ2n) is 5.87. The molecule has 3 heterocycles. The zero-order valence-corrected chi connectivity index (χ0v) is 14.1. The fourth-order valence-electron chi connectivity index (χ4n) is 2.45. The smallest absolute Gasteiger partial charge is 0.288 e. The van der Waals surface area contributed by atoms with Gasteiger partial charge in [0.2, 0.25) is 5.82 Å². The van der Waals surface area contributed by atoms with E-state index in [9.17, 15) is 9.59 Å². The quantitative estimate of drug-likeness (QED) is 0.743. The zero-order chi connectivity index (χ0) is 17.8. The molecule has 3 aromatic heterocycles. The van der Waals surface area contributed by atoms with Crippen LogP contribution in [0.1, 0.15) is 40.6 Å². The molecule has 3 rings (SSSR count). The summed E-state index contributed by atoms with van der Waals surface area (Å²) in [4.78, 5) is 33.3. The van der Waals surface area contributed by atoms with E-state index in [0.717, 1.165) is 5.69 Å². The summed E-state index contributed by atoms with van der Waals surface area (Å²) in [7, 11) is 0. The fourth-order valence-corrected chi connectivity index (χ4v) is 2.45. The Balaban J connectivity index is 1.88. The number of fused-ring (bicyclic) bond motifs is 1. The minimum Gasteiger partial charge on any atom is -0.348 e. The van der Waals surface area contributed by atoms with E-state index in [1.165, 1.54) is 0 Å². The number of rotatable bonds is 5. The first-order chi connectivity index (χ1) is 12.1. The molecule has 0 aliphatic carbocycles. The summed E-state index contributed by atoms with van der Waals surface area (Å²) in [5.41, 5.74) is 1.57. The molecule has 0 aliphatic rings. The summed E-state index contributed by atoms with van der Waals surface area (Å²) in [6.45, 7) is 4.03. The van der Waals surface area contributed by atoms with Gasteiger partial charge in [-0.25, -0.2) is 4.98 Å². The van der Waals surface area contributed by atoms with Gasteiger partial charge in [0.05, 0.1) is 17.8 Å². The van der Waals surface area contributed by atoms with E-state index in [4.69, 9.17) is 0 Å². The Bertz CT molecular complexity index is 902. The SMILES string of the molecule is CC(C)NC(=O)c1nc(C(=O)NCc2ccccn2)n2ccccc12. The van der Waals surface area contributed by atoms with Crippen molar-refractivity contribution in [1.29, 1.82) is 0 Å². The van der Waals surface area contributed by atoms with E-state index in [1.807, 2.05) is 32.0 Å². The van der Waals surface area contributed by atoms with E-state index in [0.29, 0.717) is 5.52 Å². The molecule has 0 radical (unpaired) electrons. The highest BCUT2D eigenvalue weighted by Crippen LogP contribution is 2.13. The van der Waals surface area contributed by atoms with E-state index in [1.54, 1.807) is 35.0 Å². The summed E-state index contributed by atoms with van der Waals surface area (Å²) in [6, 6.07) is 10.8. The standard InChI is InChI=1S/C18H19N5O2/c1-12(2)21-17(24)15-14-8-4-6-10-23(14)16(22-15)18(25)20-11-13-7-3-5-9-19-13/h3-10,12H,11H2,1-2H3,(H,20,25)(H,21,24). The van der Waals surface area contributed by atoms with Gasteiger partial charge in [0, 0.05) is 18.4 Å². The minimum absolute atomic E-state index is 0.0191. The third-order valence-electron chi connectivity index (χ3n) is 3.54. The summed E-state index contributed by atoms with van der Waals surface area (Å²) in [6.07, 6.45) is 3.38. The molecule has 128 valence electrons. The Kier molecular flexibility index (Phi) is 4.74. The van der Waals surface area contributed by atoms with E-state index < -0.39 is 0 Å². The number of carbonyl (C=O) groups excluding carboxylic acids is 2. The van der Waals surface area contributed by atoms with Crippen molar-refractivity contribution in [2.75, 3.05) is 0 Å². The first kappa shape index (κ1) is 16.6. The predicted molar refractivity (Wildman–Crippen MR) is 93.2 cm³/mol. The van der Waals surface area contributed by atoms with Crippen molar-refractivity contribution in [2.45, 2.75) is 26.4 Å². The normalized spacial score (nSPS) is 10.8. The Morgan fingerprint density at radius 3 is 2.64 bits per heavy atom. The van der Waals surface area contributed by atoms with Gasteiger partial charge in [-0.2, -0.15) is 0 Å². The minimum atomic E-state index is -0.365. The number of pyridine rings is 2. The van der Waals surface area contributed by atoms with Gasteiger partial charge in [-0.05, 0) is 38.1 Å². The van der Waals surface area contributed by atoms with Crippen molar-refractivity contribution >= 4 is 17.3 Å². The van der Waals surface area contributed by atoms with Crippen molar-refractivity contribution in [2.24, 2.45) is 0 Å². The second kappa shape index (κ2) is 7.12. The number of aromatic nitrogens is 3. The maximum atomic E-state index is 12.5. The zero-order valence-electron chi connectivity index (χ0n) is 14.1. The van der Waals surface area contributed by atoms with Crippen LogP contribution in [0.5, 0.6) is 0 Å². The highest BCUT2D eigenvalue weighted by molar-refractivity contribution is 6.02. The molecule has 7 heteroatoms. The number of imidazole rings is 1. The lowest BCUT2D eigenvalue weighted by atomic mass is 10.3. The van der Waals surface area contributed by atoms with Crippen molar-refractivity contribution in [1.82, 2.24) is 25.0 Å². The second-order valence-corrected chi connectivity index (χ2v) is 5.87. The third kappa shape index (κ3) is 3.65. The van der Waals surface area contributed by atoms with Crippen LogP contribution in [0.15, 0.2) is 48.8 Å². The van der Waals surface area contributed by atoms with E-state index in [-0.39, 0.29) is 35.9 Å². The lowest BCUT2D eigenvalue weighted by Gasteiger charge is -2.06. The lowest BCUT2D eigenvalue weighted by molar-refractivity contribution is 0.0938. The van der Waals surface area contributed by atoms with E-state index >= 15 is 0 Å². The third-order valence-corrected chi connectivity index (χ3v) is 3.54. The molecule has 0 fully saturated rings. The summed E-state index contributed by atoms with van der Waals surface area (Å²) >= 11 is 0. The van der Waals surface area contributed by atoms with Gasteiger partial charge in [-0.15, -0.1) is 0 Å². The van der Waals surface area contributed by atoms with Crippen LogP contribution in [-0.4, -0.2) is 32.2 Å². The van der Waals surface area contributed by atoms with Crippen LogP contribution in [-0.2, 0) is 6.54 Å². The van der Waals surface area contributed by atoms with Crippen LogP contribution in [0.2, 0.25) is 0 Å². The molecule has 0 unspecified atom stereocenters. The molecular weight excluding hydrogens is 318 g/mol. The molecule has 3 aromatic rings. The van der Waals surface area contributed by atoms with Gasteiger partial charge in [0.1, 0.15) is 0 Å². The predicted octanol–water partition coefficient (Wildman–Crippen LogP) is 1.80. The molecule has 0 saturated heterocycles. The van der Waals surface area contributed by atoms with Crippen molar-refractivity contribution in [3.05, 3.63) is 66.0 Å². The molecule has 2 amide bonds. The van der Waals surface area contributed by atoms with Gasteiger partial charge in [-0.3, -0.25) is 19.0 Å². The van der Waals surface area contributed by atoms with Gasteiger partial charge < -0.3 is 10.6 Å². The molecule has 0 spiro atoms. The van der Waals surface area contributed by atoms with Gasteiger partial charge >= 0.3 is 0 Å². The Labute approximate surface area is 145 Å². The molecular formula is C18H19N5O2. The first-order valence-electron chi connectivity index (χ1n) is 8.02. The molecule has 0 bridgehead atoms. The van der Waals surface area contributed by atoms with Crippen LogP contribution in [0.3, 0.4) is 0 Å². The molecule has 7 nitrogen and oxygen atoms in total. The number of nitrogens with one attached hydrogen (secondary N) is 2. The largest absolute Gasteiger partial charge is 0.348 e. The highest BCUT2D eigenvalue weighted by Gasteiger charge is 2.21. The van der Waals surface area contributed by atoms with Crippen LogP contribution in [0.25, 0.3) is 5.52 Å². The van der Waals surface area contributed by atoms with Crippen LogP contribution in [0.4, 0.5) is 0 Å². The monoisotopic (exact) mass is 337 g/mol. The number of hydrogen-bond donors (Lipinski definition) is 2. The highest BCUT2D eigenvalue weighted by atomic mass is 16.2. The van der Waals surface area contributed by atoms with E-state index in [2.05, 4.69) is 20.6 Å². The number of amides is 2. The first-order valence-corrected chi connectivity index (χ1v) is 8.02. The van der Waals surface area contributed by atoms with Crippen molar-refractivity contribution < 1.29 is 9.59 Å². The average molecular weight is 337 g/mol. The average Bonchev–Trinajstić information content (AvgIpc) is 3.00. The van der Waals surface area contributed by atoms with Crippen molar-refractivity contribution in [3.8, 4) is 0 Å². The maximum Gasteiger partial charge on any atom is 0.288 e. The van der Waals surface area contributed by atoms with Gasteiger partial charge in [-0.1, -0.05) is 12.1 Å².